The van der Waals surface area contributed by atoms with Crippen molar-refractivity contribution in [1.29, 1.82) is 0 Å². The lowest BCUT2D eigenvalue weighted by Crippen LogP contribution is -2.51. The number of aromatic nitrogens is 2. The van der Waals surface area contributed by atoms with Crippen molar-refractivity contribution in [3.8, 4) is 0 Å². The zero-order chi connectivity index (χ0) is 16.6. The van der Waals surface area contributed by atoms with Crippen molar-refractivity contribution in [1.82, 2.24) is 20.0 Å². The molecule has 0 saturated carbocycles. The van der Waals surface area contributed by atoms with Crippen LogP contribution in [0.15, 0.2) is 6.20 Å². The monoisotopic (exact) mass is 322 g/mol. The second kappa shape index (κ2) is 5.75. The lowest BCUT2D eigenvalue weighted by molar-refractivity contribution is 0.00917. The van der Waals surface area contributed by atoms with Gasteiger partial charge in [-0.2, -0.15) is 5.10 Å². The highest BCUT2D eigenvalue weighted by molar-refractivity contribution is 5.75. The molecule has 2 aliphatic heterocycles. The van der Waals surface area contributed by atoms with Crippen molar-refractivity contribution < 1.29 is 19.1 Å². The predicted octanol–water partition coefficient (Wildman–Crippen LogP) is 1.50. The van der Waals surface area contributed by atoms with E-state index < -0.39 is 11.8 Å². The van der Waals surface area contributed by atoms with Gasteiger partial charge in [-0.15, -0.1) is 0 Å². The maximum Gasteiger partial charge on any atom is 0.509 e. The Bertz CT molecular complexity index is 619. The summed E-state index contributed by atoms with van der Waals surface area (Å²) in [7, 11) is 1.88. The van der Waals surface area contributed by atoms with Crippen molar-refractivity contribution in [3.05, 3.63) is 17.5 Å². The van der Waals surface area contributed by atoms with Gasteiger partial charge in [0.25, 0.3) is 0 Å². The molecule has 0 unspecified atom stereocenters. The summed E-state index contributed by atoms with van der Waals surface area (Å²) in [5.74, 6) is 0. The number of nitrogens with one attached hydrogen (secondary N) is 1. The fourth-order valence-corrected chi connectivity index (χ4v) is 3.08. The van der Waals surface area contributed by atoms with Gasteiger partial charge < -0.3 is 19.7 Å². The summed E-state index contributed by atoms with van der Waals surface area (Å²) in [6.45, 7) is 5.29. The molecule has 23 heavy (non-hydrogen) atoms. The first kappa shape index (κ1) is 15.6. The summed E-state index contributed by atoms with van der Waals surface area (Å²) < 4.78 is 11.9. The number of hydrogen-bond acceptors (Lipinski definition) is 5. The van der Waals surface area contributed by atoms with Crippen molar-refractivity contribution in [3.63, 3.8) is 0 Å². The number of carbonyl (C=O) groups is 2. The van der Waals surface area contributed by atoms with E-state index in [4.69, 9.17) is 9.47 Å². The number of piperidine rings is 1. The van der Waals surface area contributed by atoms with Crippen LogP contribution in [-0.2, 0) is 16.5 Å². The molecule has 2 amide bonds. The number of rotatable bonds is 2. The molecule has 1 aromatic rings. The smallest absolute Gasteiger partial charge is 0.430 e. The van der Waals surface area contributed by atoms with Gasteiger partial charge in [-0.25, -0.2) is 9.59 Å². The first-order chi connectivity index (χ1) is 10.9. The first-order valence-electron chi connectivity index (χ1n) is 7.80. The molecule has 0 aromatic carbocycles. The van der Waals surface area contributed by atoms with Crippen molar-refractivity contribution in [2.45, 2.75) is 38.3 Å². The van der Waals surface area contributed by atoms with Gasteiger partial charge in [0.2, 0.25) is 0 Å². The van der Waals surface area contributed by atoms with Gasteiger partial charge in [0, 0.05) is 44.2 Å². The quantitative estimate of drug-likeness (QED) is 0.834. The Hall–Kier alpha value is -2.25. The number of urea groups is 1. The number of cyclic esters (lactones) is 1. The molecule has 3 heterocycles. The zero-order valence-electron chi connectivity index (χ0n) is 13.7. The van der Waals surface area contributed by atoms with Crippen LogP contribution in [0.5, 0.6) is 0 Å². The average Bonchev–Trinajstić information content (AvgIpc) is 3.04. The van der Waals surface area contributed by atoms with Crippen LogP contribution >= 0.6 is 0 Å². The van der Waals surface area contributed by atoms with Crippen LogP contribution in [0.1, 0.15) is 37.1 Å². The normalized spacial score (nSPS) is 21.0. The third-order valence-corrected chi connectivity index (χ3v) is 4.79. The highest BCUT2D eigenvalue weighted by Crippen LogP contribution is 2.31. The van der Waals surface area contributed by atoms with Crippen molar-refractivity contribution in [2.75, 3.05) is 19.7 Å². The minimum absolute atomic E-state index is 0.110. The summed E-state index contributed by atoms with van der Waals surface area (Å²) >= 11 is 0. The third-order valence-electron chi connectivity index (χ3n) is 4.79. The summed E-state index contributed by atoms with van der Waals surface area (Å²) in [6, 6.07) is -0.222. The average molecular weight is 322 g/mol. The predicted molar refractivity (Wildman–Crippen MR) is 80.9 cm³/mol. The van der Waals surface area contributed by atoms with Crippen molar-refractivity contribution >= 4 is 12.2 Å². The lowest BCUT2D eigenvalue weighted by Gasteiger charge is -2.36. The van der Waals surface area contributed by atoms with Crippen LogP contribution in [-0.4, -0.2) is 52.2 Å². The number of carbonyl (C=O) groups excluding carboxylic acids is 2. The Morgan fingerprint density at radius 3 is 2.65 bits per heavy atom. The number of ether oxygens (including phenoxy) is 2. The molecular formula is C15H22N4O4. The summed E-state index contributed by atoms with van der Waals surface area (Å²) in [4.78, 5) is 25.3. The second-order valence-corrected chi connectivity index (χ2v) is 6.29. The molecule has 2 saturated heterocycles. The molecule has 3 rings (SSSR count). The molecule has 8 nitrogen and oxygen atoms in total. The molecule has 8 heteroatoms. The van der Waals surface area contributed by atoms with Crippen molar-refractivity contribution in [2.24, 2.45) is 7.05 Å². The van der Waals surface area contributed by atoms with Gasteiger partial charge in [-0.05, 0) is 13.8 Å². The Balaban J connectivity index is 1.55. The molecule has 0 radical (unpaired) electrons. The van der Waals surface area contributed by atoms with E-state index in [1.165, 1.54) is 0 Å². The molecule has 1 N–H and O–H groups in total. The lowest BCUT2D eigenvalue weighted by atomic mass is 9.92. The molecule has 2 aliphatic rings. The minimum Gasteiger partial charge on any atom is -0.430 e. The molecule has 1 aromatic heterocycles. The minimum atomic E-state index is -0.608. The molecular weight excluding hydrogens is 300 g/mol. The number of nitrogens with zero attached hydrogens (tertiary/aromatic N) is 3. The standard InChI is InChI=1S/C15H22N4O4/c1-10(12-8-16-18(3)11(12)2)17-13(20)19-6-4-15(5-7-19)9-22-14(21)23-15/h8,10H,4-7,9H2,1-3H3,(H,17,20)/t10-/m0/s1. The maximum absolute atomic E-state index is 12.4. The van der Waals surface area contributed by atoms with E-state index in [9.17, 15) is 9.59 Å². The fourth-order valence-electron chi connectivity index (χ4n) is 3.08. The van der Waals surface area contributed by atoms with Crippen LogP contribution < -0.4 is 5.32 Å². The SMILES string of the molecule is Cc1c([C@H](C)NC(=O)N2CCC3(CC2)COC(=O)O3)cnn1C. The largest absolute Gasteiger partial charge is 0.509 e. The second-order valence-electron chi connectivity index (χ2n) is 6.29. The molecule has 0 aliphatic carbocycles. The van der Waals surface area contributed by atoms with E-state index in [0.717, 1.165) is 11.3 Å². The van der Waals surface area contributed by atoms with Gasteiger partial charge in [0.15, 0.2) is 5.60 Å². The van der Waals surface area contributed by atoms with E-state index >= 15 is 0 Å². The molecule has 1 atom stereocenters. The Morgan fingerprint density at radius 1 is 1.43 bits per heavy atom. The van der Waals surface area contributed by atoms with E-state index in [-0.39, 0.29) is 18.7 Å². The van der Waals surface area contributed by atoms with Crippen LogP contribution in [0, 0.1) is 6.92 Å². The highest BCUT2D eigenvalue weighted by atomic mass is 16.8. The Morgan fingerprint density at radius 2 is 2.13 bits per heavy atom. The Labute approximate surface area is 134 Å². The van der Waals surface area contributed by atoms with Gasteiger partial charge in [-0.1, -0.05) is 0 Å². The topological polar surface area (TPSA) is 85.7 Å². The maximum atomic E-state index is 12.4. The molecule has 126 valence electrons. The van der Waals surface area contributed by atoms with Crippen LogP contribution in [0.3, 0.4) is 0 Å². The zero-order valence-corrected chi connectivity index (χ0v) is 13.7. The molecule has 0 bridgehead atoms. The number of aryl methyl sites for hydroxylation is 1. The van der Waals surface area contributed by atoms with E-state index in [1.54, 1.807) is 15.8 Å². The third kappa shape index (κ3) is 2.97. The summed E-state index contributed by atoms with van der Waals surface area (Å²) in [5, 5.41) is 7.20. The van der Waals surface area contributed by atoms with Crippen LogP contribution in [0.4, 0.5) is 9.59 Å². The van der Waals surface area contributed by atoms with E-state index in [0.29, 0.717) is 25.9 Å². The summed E-state index contributed by atoms with van der Waals surface area (Å²) in [5.41, 5.74) is 1.50. The number of likely N-dealkylation sites (tertiary alicyclic amines) is 1. The number of hydrogen-bond donors (Lipinski definition) is 1. The van der Waals surface area contributed by atoms with Gasteiger partial charge in [0.1, 0.15) is 6.61 Å². The Kier molecular flexibility index (Phi) is 3.91. The van der Waals surface area contributed by atoms with Crippen LogP contribution in [0.25, 0.3) is 0 Å². The highest BCUT2D eigenvalue weighted by Gasteiger charge is 2.45. The summed E-state index contributed by atoms with van der Waals surface area (Å²) in [6.07, 6.45) is 2.38. The van der Waals surface area contributed by atoms with Crippen LogP contribution in [0.2, 0.25) is 0 Å². The van der Waals surface area contributed by atoms with Gasteiger partial charge in [-0.3, -0.25) is 4.68 Å². The number of amides is 2. The molecule has 1 spiro atoms. The van der Waals surface area contributed by atoms with Gasteiger partial charge in [0.05, 0.1) is 12.2 Å². The molecule has 2 fully saturated rings. The van der Waals surface area contributed by atoms with E-state index in [1.807, 2.05) is 20.9 Å². The fraction of sp³-hybridized carbons (Fsp3) is 0.667. The first-order valence-corrected chi connectivity index (χ1v) is 7.80. The van der Waals surface area contributed by atoms with Gasteiger partial charge >= 0.3 is 12.2 Å². The van der Waals surface area contributed by atoms with E-state index in [2.05, 4.69) is 10.4 Å².